The molecule has 0 radical (unpaired) electrons. The second kappa shape index (κ2) is 9.27. The third kappa shape index (κ3) is 7.33. The minimum absolute atomic E-state index is 0.130. The van der Waals surface area contributed by atoms with E-state index in [1.807, 2.05) is 45.9 Å². The average Bonchev–Trinajstić information content (AvgIpc) is 3.08. The number of pyridine rings is 1. The number of nitrogens with two attached hydrogens (primary N) is 2. The smallest absolute Gasteiger partial charge is 0.410 e. The van der Waals surface area contributed by atoms with Crippen LogP contribution in [0.3, 0.4) is 0 Å². The number of ether oxygens (including phenoxy) is 1. The number of nitrogens with one attached hydrogen (secondary N) is 1. The van der Waals surface area contributed by atoms with Crippen LogP contribution >= 0.6 is 0 Å². The van der Waals surface area contributed by atoms with Crippen molar-refractivity contribution in [1.82, 2.24) is 15.2 Å². The highest BCUT2D eigenvalue weighted by molar-refractivity contribution is 5.79. The van der Waals surface area contributed by atoms with Gasteiger partial charge in [-0.3, -0.25) is 9.78 Å². The normalized spacial score (nSPS) is 15.2. The fourth-order valence-electron chi connectivity index (χ4n) is 2.63. The van der Waals surface area contributed by atoms with Crippen molar-refractivity contribution in [2.75, 3.05) is 13.1 Å². The Morgan fingerprint density at radius 2 is 2.00 bits per heavy atom. The van der Waals surface area contributed by atoms with Crippen LogP contribution in [0.2, 0.25) is 0 Å². The Bertz CT molecular complexity index is 865. The van der Waals surface area contributed by atoms with E-state index in [0.717, 1.165) is 11.3 Å². The zero-order chi connectivity index (χ0) is 21.6. The molecule has 29 heavy (non-hydrogen) atoms. The van der Waals surface area contributed by atoms with Crippen molar-refractivity contribution in [3.8, 4) is 0 Å². The van der Waals surface area contributed by atoms with Gasteiger partial charge in [0.25, 0.3) is 0 Å². The first-order valence-corrected chi connectivity index (χ1v) is 9.36. The number of hydrogen-bond donors (Lipinski definition) is 3. The molecule has 0 saturated carbocycles. The predicted octanol–water partition coefficient (Wildman–Crippen LogP) is 1.87. The van der Waals surface area contributed by atoms with Gasteiger partial charge in [-0.25, -0.2) is 4.79 Å². The van der Waals surface area contributed by atoms with E-state index in [1.54, 1.807) is 17.0 Å². The van der Waals surface area contributed by atoms with Gasteiger partial charge in [-0.1, -0.05) is 12.1 Å². The Balaban J connectivity index is 1.88. The highest BCUT2D eigenvalue weighted by atomic mass is 16.6. The summed E-state index contributed by atoms with van der Waals surface area (Å²) in [6.07, 6.45) is 4.73. The van der Waals surface area contributed by atoms with Crippen molar-refractivity contribution in [3.05, 3.63) is 64.9 Å². The van der Waals surface area contributed by atoms with Gasteiger partial charge in [-0.2, -0.15) is 0 Å². The van der Waals surface area contributed by atoms with Gasteiger partial charge in [0.05, 0.1) is 13.0 Å². The largest absolute Gasteiger partial charge is 0.444 e. The molecule has 8 nitrogen and oxygen atoms in total. The number of allylic oxidation sites excluding steroid dienone is 2. The molecule has 8 heteroatoms. The molecule has 1 aliphatic rings. The molecule has 0 bridgehead atoms. The Morgan fingerprint density at radius 3 is 2.66 bits per heavy atom. The van der Waals surface area contributed by atoms with Crippen LogP contribution in [-0.2, 0) is 16.0 Å². The lowest BCUT2D eigenvalue weighted by Gasteiger charge is -2.24. The van der Waals surface area contributed by atoms with E-state index in [-0.39, 0.29) is 24.2 Å². The van der Waals surface area contributed by atoms with Gasteiger partial charge in [-0.05, 0) is 57.6 Å². The Hall–Kier alpha value is -3.29. The maximum Gasteiger partial charge on any atom is 0.410 e. The molecule has 0 aromatic carbocycles. The number of nitrogens with zero attached hydrogens (tertiary/aromatic N) is 2. The molecule has 156 valence electrons. The van der Waals surface area contributed by atoms with Crippen LogP contribution in [0.4, 0.5) is 4.79 Å². The van der Waals surface area contributed by atoms with Crippen molar-refractivity contribution in [1.29, 1.82) is 0 Å². The third-order valence-electron chi connectivity index (χ3n) is 3.96. The molecule has 2 amide bonds. The molecule has 2 rings (SSSR count). The molecule has 5 N–H and O–H groups in total. The minimum atomic E-state index is -0.551. The summed E-state index contributed by atoms with van der Waals surface area (Å²) in [5.41, 5.74) is 14.2. The lowest BCUT2D eigenvalue weighted by Crippen LogP contribution is -2.35. The van der Waals surface area contributed by atoms with E-state index >= 15 is 0 Å². The van der Waals surface area contributed by atoms with Crippen molar-refractivity contribution in [3.63, 3.8) is 0 Å². The van der Waals surface area contributed by atoms with Gasteiger partial charge >= 0.3 is 6.09 Å². The summed E-state index contributed by atoms with van der Waals surface area (Å²) in [5, 5.41) is 2.60. The van der Waals surface area contributed by atoms with E-state index in [0.29, 0.717) is 24.5 Å². The molecule has 1 aromatic rings. The van der Waals surface area contributed by atoms with Crippen molar-refractivity contribution >= 4 is 12.0 Å². The number of aryl methyl sites for hydroxylation is 1. The van der Waals surface area contributed by atoms with Crippen LogP contribution in [0.15, 0.2) is 53.5 Å². The SMILES string of the molecule is Cc1cccc(CC(=O)N/C(N)=C/C=C(\N)C2=CCN(C(=O)OC(C)(C)C)C2)n1. The first-order valence-electron chi connectivity index (χ1n) is 9.36. The molecule has 1 aliphatic heterocycles. The van der Waals surface area contributed by atoms with Gasteiger partial charge in [0, 0.05) is 23.6 Å². The van der Waals surface area contributed by atoms with E-state index in [4.69, 9.17) is 16.2 Å². The standard InChI is InChI=1S/C21H29N5O3/c1-14-6-5-7-16(24-14)12-19(27)25-18(23)9-8-17(22)15-10-11-26(13-15)20(28)29-21(2,3)4/h5-10H,11-13,22-23H2,1-4H3,(H,25,27)/b17-8-,18-9+. The van der Waals surface area contributed by atoms with Gasteiger partial charge in [0.2, 0.25) is 5.91 Å². The number of rotatable bonds is 5. The average molecular weight is 399 g/mol. The summed E-state index contributed by atoms with van der Waals surface area (Å²) in [4.78, 5) is 30.0. The Morgan fingerprint density at radius 1 is 1.28 bits per heavy atom. The maximum atomic E-state index is 12.1. The van der Waals surface area contributed by atoms with Gasteiger partial charge in [0.15, 0.2) is 0 Å². The molecule has 0 fully saturated rings. The van der Waals surface area contributed by atoms with Crippen LogP contribution in [-0.4, -0.2) is 40.6 Å². The van der Waals surface area contributed by atoms with Crippen molar-refractivity contribution in [2.24, 2.45) is 11.5 Å². The maximum absolute atomic E-state index is 12.1. The van der Waals surface area contributed by atoms with E-state index in [9.17, 15) is 9.59 Å². The van der Waals surface area contributed by atoms with E-state index in [2.05, 4.69) is 10.3 Å². The summed E-state index contributed by atoms with van der Waals surface area (Å²) in [6.45, 7) is 8.11. The fraction of sp³-hybridized carbons (Fsp3) is 0.381. The lowest BCUT2D eigenvalue weighted by molar-refractivity contribution is -0.119. The molecule has 0 aliphatic carbocycles. The van der Waals surface area contributed by atoms with Crippen LogP contribution in [0.25, 0.3) is 0 Å². The third-order valence-corrected chi connectivity index (χ3v) is 3.96. The quantitative estimate of drug-likeness (QED) is 0.650. The van der Waals surface area contributed by atoms with E-state index in [1.165, 1.54) is 6.08 Å². The predicted molar refractivity (Wildman–Crippen MR) is 111 cm³/mol. The molecular formula is C21H29N5O3. The highest BCUT2D eigenvalue weighted by Crippen LogP contribution is 2.18. The van der Waals surface area contributed by atoms with Crippen LogP contribution < -0.4 is 16.8 Å². The number of carbonyl (C=O) groups is 2. The zero-order valence-corrected chi connectivity index (χ0v) is 17.4. The zero-order valence-electron chi connectivity index (χ0n) is 17.4. The summed E-state index contributed by atoms with van der Waals surface area (Å²) in [7, 11) is 0. The second-order valence-electron chi connectivity index (χ2n) is 7.83. The number of carbonyl (C=O) groups excluding carboxylic acids is 2. The summed E-state index contributed by atoms with van der Waals surface area (Å²) >= 11 is 0. The molecular weight excluding hydrogens is 370 g/mol. The molecule has 1 aromatic heterocycles. The summed E-state index contributed by atoms with van der Waals surface area (Å²) in [5.74, 6) is -0.0896. The first kappa shape index (κ1) is 22.0. The van der Waals surface area contributed by atoms with E-state index < -0.39 is 5.60 Å². The summed E-state index contributed by atoms with van der Waals surface area (Å²) < 4.78 is 5.36. The molecule has 0 unspecified atom stereocenters. The molecule has 0 saturated heterocycles. The number of aromatic nitrogens is 1. The van der Waals surface area contributed by atoms with Crippen molar-refractivity contribution < 1.29 is 14.3 Å². The van der Waals surface area contributed by atoms with Crippen LogP contribution in [0.1, 0.15) is 32.2 Å². The van der Waals surface area contributed by atoms with Gasteiger partial charge in [0.1, 0.15) is 11.4 Å². The summed E-state index contributed by atoms with van der Waals surface area (Å²) in [6, 6.07) is 5.50. The molecule has 0 atom stereocenters. The first-order chi connectivity index (χ1) is 13.5. The van der Waals surface area contributed by atoms with Gasteiger partial charge in [-0.15, -0.1) is 0 Å². The minimum Gasteiger partial charge on any atom is -0.444 e. The lowest BCUT2D eigenvalue weighted by atomic mass is 10.2. The van der Waals surface area contributed by atoms with Crippen LogP contribution in [0.5, 0.6) is 0 Å². The van der Waals surface area contributed by atoms with Crippen LogP contribution in [0, 0.1) is 6.92 Å². The monoisotopic (exact) mass is 399 g/mol. The number of amides is 2. The fourth-order valence-corrected chi connectivity index (χ4v) is 2.63. The Kier molecular flexibility index (Phi) is 7.03. The van der Waals surface area contributed by atoms with Gasteiger partial charge < -0.3 is 26.4 Å². The molecule has 0 spiro atoms. The highest BCUT2D eigenvalue weighted by Gasteiger charge is 2.25. The topological polar surface area (TPSA) is 124 Å². The molecule has 2 heterocycles. The Labute approximate surface area is 171 Å². The second-order valence-corrected chi connectivity index (χ2v) is 7.83. The van der Waals surface area contributed by atoms with Crippen molar-refractivity contribution in [2.45, 2.75) is 39.7 Å². The number of hydrogen-bond acceptors (Lipinski definition) is 6.